The van der Waals surface area contributed by atoms with E-state index in [0.29, 0.717) is 0 Å². The molecule has 0 radical (unpaired) electrons. The normalized spacial score (nSPS) is 11.5. The molecule has 0 unspecified atom stereocenters. The minimum atomic E-state index is -4.22. The van der Waals surface area contributed by atoms with Gasteiger partial charge >= 0.3 is 12.1 Å². The molecule has 0 saturated heterocycles. The number of aromatic carboxylic acids is 1. The third kappa shape index (κ3) is 3.69. The third-order valence-electron chi connectivity index (χ3n) is 1.77. The molecule has 0 atom stereocenters. The molecule has 1 aromatic rings. The molecular weight excluding hydrogens is 245 g/mol. The van der Waals surface area contributed by atoms with Gasteiger partial charge < -0.3 is 10.0 Å². The number of carboxylic acid groups (broad SMARTS) is 1. The van der Waals surface area contributed by atoms with Gasteiger partial charge in [0.15, 0.2) is 10.8 Å². The summed E-state index contributed by atoms with van der Waals surface area (Å²) in [4.78, 5) is 15.5. The van der Waals surface area contributed by atoms with Crippen LogP contribution in [0.4, 0.5) is 18.3 Å². The summed E-state index contributed by atoms with van der Waals surface area (Å²) in [6, 6.07) is 0. The summed E-state index contributed by atoms with van der Waals surface area (Å²) in [6.45, 7) is -0.240. The van der Waals surface area contributed by atoms with Crippen LogP contribution in [0.1, 0.15) is 16.9 Å². The Morgan fingerprint density at radius 2 is 2.25 bits per heavy atom. The number of carbonyl (C=O) groups is 1. The predicted molar refractivity (Wildman–Crippen MR) is 53.0 cm³/mol. The van der Waals surface area contributed by atoms with Crippen LogP contribution in [0.2, 0.25) is 0 Å². The van der Waals surface area contributed by atoms with E-state index in [4.69, 9.17) is 5.11 Å². The number of thiazole rings is 1. The van der Waals surface area contributed by atoms with Crippen LogP contribution in [0.25, 0.3) is 0 Å². The van der Waals surface area contributed by atoms with Crippen molar-refractivity contribution in [2.24, 2.45) is 0 Å². The first-order valence-corrected chi connectivity index (χ1v) is 5.14. The molecule has 16 heavy (non-hydrogen) atoms. The molecule has 0 saturated carbocycles. The topological polar surface area (TPSA) is 53.4 Å². The van der Waals surface area contributed by atoms with Gasteiger partial charge in [0.25, 0.3) is 0 Å². The number of hydrogen-bond acceptors (Lipinski definition) is 4. The van der Waals surface area contributed by atoms with Gasteiger partial charge in [0.1, 0.15) is 0 Å². The van der Waals surface area contributed by atoms with E-state index in [1.54, 1.807) is 0 Å². The molecule has 0 aliphatic rings. The Balaban J connectivity index is 2.59. The van der Waals surface area contributed by atoms with Crippen LogP contribution >= 0.6 is 11.3 Å². The van der Waals surface area contributed by atoms with Crippen LogP contribution in [0, 0.1) is 0 Å². The van der Waals surface area contributed by atoms with Gasteiger partial charge in [0.05, 0.1) is 6.42 Å². The van der Waals surface area contributed by atoms with Crippen molar-refractivity contribution in [2.45, 2.75) is 12.6 Å². The van der Waals surface area contributed by atoms with E-state index < -0.39 is 18.6 Å². The van der Waals surface area contributed by atoms with Gasteiger partial charge in [-0.25, -0.2) is 9.78 Å². The fraction of sp³-hybridized carbons (Fsp3) is 0.500. The number of nitrogens with zero attached hydrogens (tertiary/aromatic N) is 2. The van der Waals surface area contributed by atoms with Crippen LogP contribution in [-0.4, -0.2) is 35.8 Å². The average molecular weight is 254 g/mol. The van der Waals surface area contributed by atoms with Crippen molar-refractivity contribution < 1.29 is 23.1 Å². The molecule has 1 rings (SSSR count). The van der Waals surface area contributed by atoms with E-state index in [0.717, 1.165) is 11.3 Å². The van der Waals surface area contributed by atoms with Crippen LogP contribution in [0.5, 0.6) is 0 Å². The van der Waals surface area contributed by atoms with Gasteiger partial charge in [-0.15, -0.1) is 11.3 Å². The van der Waals surface area contributed by atoms with E-state index >= 15 is 0 Å². The highest BCUT2D eigenvalue weighted by Gasteiger charge is 2.27. The molecule has 0 aromatic carbocycles. The number of hydrogen-bond donors (Lipinski definition) is 1. The zero-order valence-corrected chi connectivity index (χ0v) is 9.10. The van der Waals surface area contributed by atoms with Crippen molar-refractivity contribution in [3.8, 4) is 0 Å². The van der Waals surface area contributed by atoms with Crippen LogP contribution < -0.4 is 4.90 Å². The largest absolute Gasteiger partial charge is 0.476 e. The molecule has 0 bridgehead atoms. The lowest BCUT2D eigenvalue weighted by molar-refractivity contribution is -0.132. The number of anilines is 1. The highest BCUT2D eigenvalue weighted by atomic mass is 32.1. The second-order valence-corrected chi connectivity index (χ2v) is 3.94. The lowest BCUT2D eigenvalue weighted by atomic mass is 10.4. The van der Waals surface area contributed by atoms with Gasteiger partial charge in [0.2, 0.25) is 0 Å². The SMILES string of the molecule is CN(CCC(F)(F)F)c1nc(C(=O)O)cs1. The first-order valence-electron chi connectivity index (χ1n) is 4.26. The monoisotopic (exact) mass is 254 g/mol. The Morgan fingerprint density at radius 1 is 1.62 bits per heavy atom. The Morgan fingerprint density at radius 3 is 2.69 bits per heavy atom. The minimum absolute atomic E-state index is 0.154. The van der Waals surface area contributed by atoms with Crippen LogP contribution in [0.3, 0.4) is 0 Å². The lowest BCUT2D eigenvalue weighted by Crippen LogP contribution is -2.24. The maximum absolute atomic E-state index is 11.9. The summed E-state index contributed by atoms with van der Waals surface area (Å²) < 4.78 is 35.8. The maximum atomic E-state index is 11.9. The van der Waals surface area contributed by atoms with E-state index in [1.807, 2.05) is 0 Å². The molecule has 1 N–H and O–H groups in total. The van der Waals surface area contributed by atoms with Gasteiger partial charge in [-0.2, -0.15) is 13.2 Å². The maximum Gasteiger partial charge on any atom is 0.390 e. The summed E-state index contributed by atoms with van der Waals surface area (Å²) >= 11 is 1.00. The molecule has 0 fully saturated rings. The zero-order valence-electron chi connectivity index (χ0n) is 8.28. The van der Waals surface area contributed by atoms with Gasteiger partial charge in [-0.3, -0.25) is 0 Å². The molecule has 0 aliphatic carbocycles. The highest BCUT2D eigenvalue weighted by Crippen LogP contribution is 2.23. The zero-order chi connectivity index (χ0) is 12.3. The molecular formula is C8H9F3N2O2S. The summed E-state index contributed by atoms with van der Waals surface area (Å²) in [7, 11) is 1.44. The van der Waals surface area contributed by atoms with Crippen molar-refractivity contribution in [2.75, 3.05) is 18.5 Å². The molecule has 90 valence electrons. The van der Waals surface area contributed by atoms with Gasteiger partial charge in [0, 0.05) is 19.0 Å². The van der Waals surface area contributed by atoms with Crippen molar-refractivity contribution in [1.82, 2.24) is 4.98 Å². The molecule has 0 spiro atoms. The minimum Gasteiger partial charge on any atom is -0.476 e. The van der Waals surface area contributed by atoms with Crippen molar-refractivity contribution in [3.05, 3.63) is 11.1 Å². The second kappa shape index (κ2) is 4.69. The number of halogens is 3. The molecule has 0 aliphatic heterocycles. The molecule has 8 heteroatoms. The van der Waals surface area contributed by atoms with E-state index in [1.165, 1.54) is 17.3 Å². The van der Waals surface area contributed by atoms with Crippen LogP contribution in [0.15, 0.2) is 5.38 Å². The Labute approximate surface area is 93.3 Å². The predicted octanol–water partition coefficient (Wildman–Crippen LogP) is 2.23. The second-order valence-electron chi connectivity index (χ2n) is 3.11. The summed E-state index contributed by atoms with van der Waals surface area (Å²) in [6.07, 6.45) is -5.17. The molecule has 0 amide bonds. The Kier molecular flexibility index (Phi) is 3.74. The average Bonchev–Trinajstić information content (AvgIpc) is 2.61. The first-order chi connectivity index (χ1) is 7.29. The van der Waals surface area contributed by atoms with Gasteiger partial charge in [-0.1, -0.05) is 0 Å². The van der Waals surface area contributed by atoms with E-state index in [-0.39, 0.29) is 17.4 Å². The van der Waals surface area contributed by atoms with Crippen molar-refractivity contribution in [3.63, 3.8) is 0 Å². The summed E-state index contributed by atoms with van der Waals surface area (Å²) in [5.41, 5.74) is -0.154. The van der Waals surface area contributed by atoms with Crippen molar-refractivity contribution >= 4 is 22.4 Å². The number of rotatable bonds is 4. The highest BCUT2D eigenvalue weighted by molar-refractivity contribution is 7.13. The number of alkyl halides is 3. The molecule has 1 aromatic heterocycles. The number of carboxylic acids is 1. The Bertz CT molecular complexity index is 378. The molecule has 1 heterocycles. The standard InChI is InChI=1S/C8H9F3N2O2S/c1-13(3-2-8(9,10)11)7-12-5(4-16-7)6(14)15/h4H,2-3H2,1H3,(H,14,15). The Hall–Kier alpha value is -1.31. The van der Waals surface area contributed by atoms with Gasteiger partial charge in [-0.05, 0) is 0 Å². The number of aromatic nitrogens is 1. The quantitative estimate of drug-likeness (QED) is 0.895. The lowest BCUT2D eigenvalue weighted by Gasteiger charge is -2.16. The fourth-order valence-corrected chi connectivity index (χ4v) is 1.72. The smallest absolute Gasteiger partial charge is 0.390 e. The third-order valence-corrected chi connectivity index (χ3v) is 2.72. The fourth-order valence-electron chi connectivity index (χ4n) is 0.928. The van der Waals surface area contributed by atoms with E-state index in [2.05, 4.69) is 4.98 Å². The molecule has 4 nitrogen and oxygen atoms in total. The van der Waals surface area contributed by atoms with Crippen LogP contribution in [-0.2, 0) is 0 Å². The van der Waals surface area contributed by atoms with E-state index in [9.17, 15) is 18.0 Å². The summed E-state index contributed by atoms with van der Waals surface area (Å²) in [5, 5.41) is 10.1. The van der Waals surface area contributed by atoms with Crippen molar-refractivity contribution in [1.29, 1.82) is 0 Å². The first kappa shape index (κ1) is 12.8. The summed E-state index contributed by atoms with van der Waals surface area (Å²) in [5.74, 6) is -1.19.